The van der Waals surface area contributed by atoms with Crippen LogP contribution in [0.2, 0.25) is 0 Å². The van der Waals surface area contributed by atoms with Crippen molar-refractivity contribution in [3.8, 4) is 0 Å². The second-order valence-electron chi connectivity index (χ2n) is 4.85. The van der Waals surface area contributed by atoms with E-state index in [4.69, 9.17) is 5.11 Å². The van der Waals surface area contributed by atoms with Crippen molar-refractivity contribution < 1.29 is 14.7 Å². The van der Waals surface area contributed by atoms with E-state index in [1.165, 1.54) is 0 Å². The van der Waals surface area contributed by atoms with Gasteiger partial charge in [0.05, 0.1) is 6.42 Å². The predicted molar refractivity (Wildman–Crippen MR) is 77.0 cm³/mol. The minimum absolute atomic E-state index is 0.0643. The number of aromatic nitrogens is 1. The predicted octanol–water partition coefficient (Wildman–Crippen LogP) is 1.52. The Balaban J connectivity index is 2.77. The number of nitrogens with one attached hydrogen (secondary N) is 1. The molecule has 0 aromatic carbocycles. The van der Waals surface area contributed by atoms with Gasteiger partial charge in [0.15, 0.2) is 0 Å². The quantitative estimate of drug-likeness (QED) is 0.790. The highest BCUT2D eigenvalue weighted by Crippen LogP contribution is 2.11. The van der Waals surface area contributed by atoms with Crippen LogP contribution in [0.1, 0.15) is 36.5 Å². The van der Waals surface area contributed by atoms with Gasteiger partial charge in [-0.15, -0.1) is 0 Å². The van der Waals surface area contributed by atoms with Gasteiger partial charge in [-0.3, -0.25) is 9.59 Å². The summed E-state index contributed by atoms with van der Waals surface area (Å²) in [5.74, 6) is -0.495. The first kappa shape index (κ1) is 15.9. The fraction of sp³-hybridized carbons (Fsp3) is 0.500. The van der Waals surface area contributed by atoms with Gasteiger partial charge in [-0.1, -0.05) is 13.3 Å². The molecular formula is C14H21N3O3. The summed E-state index contributed by atoms with van der Waals surface area (Å²) in [6, 6.07) is 2.95. The van der Waals surface area contributed by atoms with Crippen LogP contribution >= 0.6 is 0 Å². The molecule has 0 aliphatic heterocycles. The van der Waals surface area contributed by atoms with Gasteiger partial charge in [0.1, 0.15) is 5.82 Å². The zero-order valence-corrected chi connectivity index (χ0v) is 12.1. The molecule has 1 atom stereocenters. The highest BCUT2D eigenvalue weighted by atomic mass is 16.4. The summed E-state index contributed by atoms with van der Waals surface area (Å²) < 4.78 is 0. The van der Waals surface area contributed by atoms with Crippen LogP contribution in [-0.4, -0.2) is 42.1 Å². The molecule has 6 nitrogen and oxygen atoms in total. The van der Waals surface area contributed by atoms with Gasteiger partial charge in [-0.25, -0.2) is 4.98 Å². The molecule has 1 rings (SSSR count). The van der Waals surface area contributed by atoms with Crippen molar-refractivity contribution in [2.24, 2.45) is 0 Å². The number of carbonyl (C=O) groups excluding carboxylic acids is 1. The van der Waals surface area contributed by atoms with E-state index in [1.807, 2.05) is 21.0 Å². The maximum Gasteiger partial charge on any atom is 0.305 e. The largest absolute Gasteiger partial charge is 0.481 e. The summed E-state index contributed by atoms with van der Waals surface area (Å²) in [5, 5.41) is 11.6. The molecule has 1 heterocycles. The molecule has 20 heavy (non-hydrogen) atoms. The number of nitrogens with zero attached hydrogens (tertiary/aromatic N) is 2. The zero-order valence-electron chi connectivity index (χ0n) is 12.1. The molecule has 0 bridgehead atoms. The Morgan fingerprint density at radius 2 is 2.15 bits per heavy atom. The number of carboxylic acids is 1. The van der Waals surface area contributed by atoms with E-state index >= 15 is 0 Å². The van der Waals surface area contributed by atoms with Gasteiger partial charge < -0.3 is 15.3 Å². The first-order valence-corrected chi connectivity index (χ1v) is 6.60. The normalized spacial score (nSPS) is 11.8. The lowest BCUT2D eigenvalue weighted by molar-refractivity contribution is -0.137. The molecule has 0 fully saturated rings. The first-order chi connectivity index (χ1) is 9.43. The van der Waals surface area contributed by atoms with Crippen molar-refractivity contribution in [1.82, 2.24) is 10.3 Å². The Morgan fingerprint density at radius 3 is 2.70 bits per heavy atom. The van der Waals surface area contributed by atoms with Crippen molar-refractivity contribution in [2.45, 2.75) is 32.2 Å². The summed E-state index contributed by atoms with van der Waals surface area (Å²) >= 11 is 0. The van der Waals surface area contributed by atoms with Crippen molar-refractivity contribution >= 4 is 17.7 Å². The molecule has 1 unspecified atom stereocenters. The Bertz CT molecular complexity index is 474. The highest BCUT2D eigenvalue weighted by molar-refractivity contribution is 5.95. The zero-order chi connectivity index (χ0) is 15.1. The van der Waals surface area contributed by atoms with Gasteiger partial charge in [0.25, 0.3) is 5.91 Å². The number of hydrogen-bond donors (Lipinski definition) is 2. The van der Waals surface area contributed by atoms with Crippen LogP contribution in [0.15, 0.2) is 18.3 Å². The molecule has 6 heteroatoms. The van der Waals surface area contributed by atoms with Gasteiger partial charge in [0, 0.05) is 31.9 Å². The molecule has 1 aromatic heterocycles. The van der Waals surface area contributed by atoms with Gasteiger partial charge in [0.2, 0.25) is 0 Å². The number of anilines is 1. The third kappa shape index (κ3) is 4.87. The first-order valence-electron chi connectivity index (χ1n) is 6.60. The summed E-state index contributed by atoms with van der Waals surface area (Å²) in [6.45, 7) is 1.96. The number of amides is 1. The lowest BCUT2D eigenvalue weighted by Crippen LogP contribution is -2.36. The number of pyridine rings is 1. The van der Waals surface area contributed by atoms with E-state index < -0.39 is 5.97 Å². The lowest BCUT2D eigenvalue weighted by atomic mass is 10.1. The average molecular weight is 279 g/mol. The smallest absolute Gasteiger partial charge is 0.305 e. The second-order valence-corrected chi connectivity index (χ2v) is 4.85. The standard InChI is InChI=1S/C14H21N3O3/c1-4-5-11(9-13(18)19)16-14(20)10-6-7-15-12(8-10)17(2)3/h6-8,11H,4-5,9H2,1-3H3,(H,16,20)(H,18,19). The molecule has 1 aromatic rings. The van der Waals surface area contributed by atoms with Crippen LogP contribution in [0.5, 0.6) is 0 Å². The van der Waals surface area contributed by atoms with Gasteiger partial charge in [-0.05, 0) is 18.6 Å². The van der Waals surface area contributed by atoms with E-state index in [1.54, 1.807) is 23.2 Å². The molecule has 0 aliphatic carbocycles. The van der Waals surface area contributed by atoms with Crippen molar-refractivity contribution in [3.63, 3.8) is 0 Å². The molecular weight excluding hydrogens is 258 g/mol. The topological polar surface area (TPSA) is 82.5 Å². The molecule has 2 N–H and O–H groups in total. The van der Waals surface area contributed by atoms with E-state index in [0.717, 1.165) is 6.42 Å². The summed E-state index contributed by atoms with van der Waals surface area (Å²) in [5.41, 5.74) is 0.482. The van der Waals surface area contributed by atoms with E-state index in [9.17, 15) is 9.59 Å². The summed E-state index contributed by atoms with van der Waals surface area (Å²) in [7, 11) is 3.68. The van der Waals surface area contributed by atoms with Crippen molar-refractivity contribution in [3.05, 3.63) is 23.9 Å². The molecule has 1 amide bonds. The fourth-order valence-corrected chi connectivity index (χ4v) is 1.86. The minimum Gasteiger partial charge on any atom is -0.481 e. The van der Waals surface area contributed by atoms with Crippen LogP contribution in [0.4, 0.5) is 5.82 Å². The maximum atomic E-state index is 12.1. The monoisotopic (exact) mass is 279 g/mol. The fourth-order valence-electron chi connectivity index (χ4n) is 1.86. The number of carbonyl (C=O) groups is 2. The van der Waals surface area contributed by atoms with Gasteiger partial charge >= 0.3 is 5.97 Å². The highest BCUT2D eigenvalue weighted by Gasteiger charge is 2.16. The Labute approximate surface area is 118 Å². The Hall–Kier alpha value is -2.11. The van der Waals surface area contributed by atoms with Crippen LogP contribution in [0.3, 0.4) is 0 Å². The number of rotatable bonds is 7. The molecule has 0 saturated carbocycles. The van der Waals surface area contributed by atoms with E-state index in [2.05, 4.69) is 10.3 Å². The molecule has 0 spiro atoms. The SMILES string of the molecule is CCCC(CC(=O)O)NC(=O)c1ccnc(N(C)C)c1. The van der Waals surface area contributed by atoms with Crippen molar-refractivity contribution in [2.75, 3.05) is 19.0 Å². The second kappa shape index (κ2) is 7.47. The van der Waals surface area contributed by atoms with E-state index in [0.29, 0.717) is 17.8 Å². The Morgan fingerprint density at radius 1 is 1.45 bits per heavy atom. The average Bonchev–Trinajstić information content (AvgIpc) is 2.38. The molecule has 0 aliphatic rings. The van der Waals surface area contributed by atoms with E-state index in [-0.39, 0.29) is 18.4 Å². The minimum atomic E-state index is -0.910. The number of aliphatic carboxylic acids is 1. The van der Waals surface area contributed by atoms with Crippen LogP contribution in [0, 0.1) is 0 Å². The van der Waals surface area contributed by atoms with Crippen LogP contribution in [0.25, 0.3) is 0 Å². The third-order valence-corrected chi connectivity index (χ3v) is 2.86. The lowest BCUT2D eigenvalue weighted by Gasteiger charge is -2.17. The maximum absolute atomic E-state index is 12.1. The van der Waals surface area contributed by atoms with Crippen LogP contribution in [-0.2, 0) is 4.79 Å². The summed E-state index contributed by atoms with van der Waals surface area (Å²) in [4.78, 5) is 28.9. The van der Waals surface area contributed by atoms with Crippen molar-refractivity contribution in [1.29, 1.82) is 0 Å². The molecule has 0 radical (unpaired) electrons. The molecule has 0 saturated heterocycles. The number of hydrogen-bond acceptors (Lipinski definition) is 4. The third-order valence-electron chi connectivity index (χ3n) is 2.86. The number of carboxylic acid groups (broad SMARTS) is 1. The van der Waals surface area contributed by atoms with Gasteiger partial charge in [-0.2, -0.15) is 0 Å². The summed E-state index contributed by atoms with van der Waals surface area (Å²) in [6.07, 6.45) is 2.96. The Kier molecular flexibility index (Phi) is 5.96. The molecule has 110 valence electrons. The van der Waals surface area contributed by atoms with Crippen LogP contribution < -0.4 is 10.2 Å².